The van der Waals surface area contributed by atoms with Gasteiger partial charge in [0.25, 0.3) is 0 Å². The van der Waals surface area contributed by atoms with Gasteiger partial charge < -0.3 is 10.2 Å². The Morgan fingerprint density at radius 2 is 2.38 bits per heavy atom. The van der Waals surface area contributed by atoms with Gasteiger partial charge in [0.2, 0.25) is 0 Å². The van der Waals surface area contributed by atoms with E-state index in [-0.39, 0.29) is 0 Å². The van der Waals surface area contributed by atoms with E-state index in [1.165, 1.54) is 31.7 Å². The Morgan fingerprint density at radius 3 is 2.92 bits per heavy atom. The van der Waals surface area contributed by atoms with Gasteiger partial charge in [0.15, 0.2) is 0 Å². The topological polar surface area (TPSA) is 15.3 Å². The van der Waals surface area contributed by atoms with Crippen molar-refractivity contribution in [2.75, 3.05) is 32.1 Å². The second-order valence-electron chi connectivity index (χ2n) is 4.10. The maximum absolute atomic E-state index is 3.69. The smallest absolute Gasteiger partial charge is 0.0209 e. The fourth-order valence-corrected chi connectivity index (χ4v) is 2.44. The number of rotatable bonds is 5. The third kappa shape index (κ3) is 4.34. The highest BCUT2D eigenvalue weighted by atomic mass is 32.2. The number of thioether (sulfide) groups is 1. The zero-order valence-corrected chi connectivity index (χ0v) is 9.86. The Labute approximate surface area is 86.5 Å². The molecule has 0 spiro atoms. The van der Waals surface area contributed by atoms with Crippen LogP contribution in [0.4, 0.5) is 0 Å². The van der Waals surface area contributed by atoms with Crippen LogP contribution < -0.4 is 5.32 Å². The SMILES string of the molecule is CSCCC(C)NC1CCN(C)C1. The number of likely N-dealkylation sites (tertiary alicyclic amines) is 1. The number of hydrogen-bond donors (Lipinski definition) is 1. The first-order valence-corrected chi connectivity index (χ1v) is 6.55. The van der Waals surface area contributed by atoms with Crippen LogP contribution in [-0.2, 0) is 0 Å². The van der Waals surface area contributed by atoms with E-state index in [0.717, 1.165) is 6.04 Å². The van der Waals surface area contributed by atoms with Crippen molar-refractivity contribution in [3.8, 4) is 0 Å². The van der Waals surface area contributed by atoms with Crippen molar-refractivity contribution in [1.82, 2.24) is 10.2 Å². The Bertz CT molecular complexity index is 141. The van der Waals surface area contributed by atoms with Gasteiger partial charge in [-0.25, -0.2) is 0 Å². The lowest BCUT2D eigenvalue weighted by atomic mass is 10.2. The Morgan fingerprint density at radius 1 is 1.62 bits per heavy atom. The predicted octanol–water partition coefficient (Wildman–Crippen LogP) is 1.42. The van der Waals surface area contributed by atoms with Crippen molar-refractivity contribution in [3.05, 3.63) is 0 Å². The molecule has 78 valence electrons. The third-order valence-corrected chi connectivity index (χ3v) is 3.31. The lowest BCUT2D eigenvalue weighted by Gasteiger charge is -2.18. The van der Waals surface area contributed by atoms with Crippen LogP contribution in [0.2, 0.25) is 0 Å². The molecule has 0 saturated carbocycles. The van der Waals surface area contributed by atoms with Gasteiger partial charge in [0.05, 0.1) is 0 Å². The largest absolute Gasteiger partial charge is 0.310 e. The average Bonchev–Trinajstić information content (AvgIpc) is 2.48. The number of hydrogen-bond acceptors (Lipinski definition) is 3. The lowest BCUT2D eigenvalue weighted by Crippen LogP contribution is -2.38. The van der Waals surface area contributed by atoms with Crippen molar-refractivity contribution in [1.29, 1.82) is 0 Å². The number of likely N-dealkylation sites (N-methyl/N-ethyl adjacent to an activating group) is 1. The van der Waals surface area contributed by atoms with Gasteiger partial charge in [-0.05, 0) is 45.4 Å². The van der Waals surface area contributed by atoms with Gasteiger partial charge in [-0.1, -0.05) is 0 Å². The van der Waals surface area contributed by atoms with Crippen LogP contribution in [0.15, 0.2) is 0 Å². The molecule has 1 heterocycles. The van der Waals surface area contributed by atoms with E-state index in [9.17, 15) is 0 Å². The molecular weight excluding hydrogens is 180 g/mol. The van der Waals surface area contributed by atoms with Gasteiger partial charge >= 0.3 is 0 Å². The zero-order valence-electron chi connectivity index (χ0n) is 9.05. The van der Waals surface area contributed by atoms with Crippen LogP contribution in [0.3, 0.4) is 0 Å². The Balaban J connectivity index is 2.09. The van der Waals surface area contributed by atoms with E-state index >= 15 is 0 Å². The molecule has 0 aromatic rings. The molecule has 0 aromatic carbocycles. The second kappa shape index (κ2) is 5.89. The van der Waals surface area contributed by atoms with Crippen LogP contribution in [0, 0.1) is 0 Å². The van der Waals surface area contributed by atoms with E-state index in [1.54, 1.807) is 0 Å². The minimum Gasteiger partial charge on any atom is -0.310 e. The molecule has 2 nitrogen and oxygen atoms in total. The summed E-state index contributed by atoms with van der Waals surface area (Å²) in [6.45, 7) is 4.78. The standard InChI is InChI=1S/C10H22N2S/c1-9(5-7-13-3)11-10-4-6-12(2)8-10/h9-11H,4-8H2,1-3H3. The number of nitrogens with zero attached hydrogens (tertiary/aromatic N) is 1. The van der Waals surface area contributed by atoms with Crippen molar-refractivity contribution in [3.63, 3.8) is 0 Å². The maximum Gasteiger partial charge on any atom is 0.0209 e. The molecule has 1 saturated heterocycles. The molecule has 0 radical (unpaired) electrons. The first-order chi connectivity index (χ1) is 6.22. The van der Waals surface area contributed by atoms with Crippen molar-refractivity contribution >= 4 is 11.8 Å². The first kappa shape index (κ1) is 11.3. The van der Waals surface area contributed by atoms with Crippen LogP contribution >= 0.6 is 11.8 Å². The van der Waals surface area contributed by atoms with E-state index in [1.807, 2.05) is 11.8 Å². The minimum atomic E-state index is 0.684. The summed E-state index contributed by atoms with van der Waals surface area (Å²) in [6.07, 6.45) is 4.79. The van der Waals surface area contributed by atoms with E-state index < -0.39 is 0 Å². The highest BCUT2D eigenvalue weighted by Crippen LogP contribution is 2.08. The van der Waals surface area contributed by atoms with Gasteiger partial charge in [-0.15, -0.1) is 0 Å². The van der Waals surface area contributed by atoms with Crippen molar-refractivity contribution in [2.24, 2.45) is 0 Å². The summed E-state index contributed by atoms with van der Waals surface area (Å²) in [5.74, 6) is 1.27. The molecule has 3 heteroatoms. The molecule has 2 atom stereocenters. The molecule has 0 bridgehead atoms. The molecular formula is C10H22N2S. The monoisotopic (exact) mass is 202 g/mol. The molecule has 1 aliphatic rings. The summed E-state index contributed by atoms with van der Waals surface area (Å²) in [6, 6.07) is 1.42. The second-order valence-corrected chi connectivity index (χ2v) is 5.08. The zero-order chi connectivity index (χ0) is 9.68. The van der Waals surface area contributed by atoms with Gasteiger partial charge in [-0.2, -0.15) is 11.8 Å². The summed E-state index contributed by atoms with van der Waals surface area (Å²) in [7, 11) is 2.20. The minimum absolute atomic E-state index is 0.684. The van der Waals surface area contributed by atoms with E-state index in [2.05, 4.69) is 30.4 Å². The average molecular weight is 202 g/mol. The predicted molar refractivity (Wildman–Crippen MR) is 61.5 cm³/mol. The number of nitrogens with one attached hydrogen (secondary N) is 1. The Hall–Kier alpha value is 0.270. The molecule has 1 fully saturated rings. The molecule has 0 aromatic heterocycles. The van der Waals surface area contributed by atoms with Crippen LogP contribution in [0.1, 0.15) is 19.8 Å². The maximum atomic E-state index is 3.69. The van der Waals surface area contributed by atoms with E-state index in [0.29, 0.717) is 6.04 Å². The van der Waals surface area contributed by atoms with Crippen LogP contribution in [-0.4, -0.2) is 49.1 Å². The van der Waals surface area contributed by atoms with Gasteiger partial charge in [0.1, 0.15) is 0 Å². The molecule has 0 aliphatic carbocycles. The first-order valence-electron chi connectivity index (χ1n) is 5.16. The van der Waals surface area contributed by atoms with Crippen molar-refractivity contribution in [2.45, 2.75) is 31.8 Å². The normalized spacial score (nSPS) is 26.5. The fraction of sp³-hybridized carbons (Fsp3) is 1.00. The van der Waals surface area contributed by atoms with Crippen molar-refractivity contribution < 1.29 is 0 Å². The Kier molecular flexibility index (Phi) is 5.14. The molecule has 1 rings (SSSR count). The molecule has 1 aliphatic heterocycles. The fourth-order valence-electron chi connectivity index (χ4n) is 1.85. The lowest BCUT2D eigenvalue weighted by molar-refractivity contribution is 0.383. The van der Waals surface area contributed by atoms with Gasteiger partial charge in [-0.3, -0.25) is 0 Å². The summed E-state index contributed by atoms with van der Waals surface area (Å²) in [5, 5.41) is 3.69. The summed E-state index contributed by atoms with van der Waals surface area (Å²) < 4.78 is 0. The highest BCUT2D eigenvalue weighted by molar-refractivity contribution is 7.98. The molecule has 0 amide bonds. The van der Waals surface area contributed by atoms with E-state index in [4.69, 9.17) is 0 Å². The highest BCUT2D eigenvalue weighted by Gasteiger charge is 2.20. The molecule has 13 heavy (non-hydrogen) atoms. The quantitative estimate of drug-likeness (QED) is 0.726. The summed E-state index contributed by atoms with van der Waals surface area (Å²) in [4.78, 5) is 2.40. The summed E-state index contributed by atoms with van der Waals surface area (Å²) >= 11 is 1.94. The summed E-state index contributed by atoms with van der Waals surface area (Å²) in [5.41, 5.74) is 0. The molecule has 2 unspecified atom stereocenters. The van der Waals surface area contributed by atoms with Crippen LogP contribution in [0.5, 0.6) is 0 Å². The third-order valence-electron chi connectivity index (χ3n) is 2.67. The molecule has 1 N–H and O–H groups in total. The van der Waals surface area contributed by atoms with Crippen LogP contribution in [0.25, 0.3) is 0 Å². The van der Waals surface area contributed by atoms with Gasteiger partial charge in [0, 0.05) is 18.6 Å².